The molecule has 1 unspecified atom stereocenters. The van der Waals surface area contributed by atoms with Crippen molar-refractivity contribution < 1.29 is 21.3 Å². The summed E-state index contributed by atoms with van der Waals surface area (Å²) in [6, 6.07) is 0. The quantitative estimate of drug-likeness (QED) is 0.523. The molecule has 0 bridgehead atoms. The molecule has 7 heteroatoms. The van der Waals surface area contributed by atoms with Gasteiger partial charge in [-0.1, -0.05) is 0 Å². The maximum atomic E-state index is 9.89. The van der Waals surface area contributed by atoms with E-state index < -0.39 is 8.25 Å². The minimum atomic E-state index is -2.66. The third-order valence-corrected chi connectivity index (χ3v) is 0.878. The zero-order valence-electron chi connectivity index (χ0n) is 6.93. The van der Waals surface area contributed by atoms with Crippen molar-refractivity contribution in [1.82, 2.24) is 4.98 Å². The van der Waals surface area contributed by atoms with Crippen molar-refractivity contribution in [1.29, 1.82) is 0 Å². The van der Waals surface area contributed by atoms with E-state index in [-0.39, 0.29) is 32.0 Å². The number of rotatable bonds is 2. The number of nitrogens with zero attached hydrogens (tertiary/aromatic N) is 1. The molecule has 0 radical (unpaired) electrons. The fourth-order valence-electron chi connectivity index (χ4n) is 0.322. The van der Waals surface area contributed by atoms with Crippen LogP contribution >= 0.6 is 8.25 Å². The van der Waals surface area contributed by atoms with Gasteiger partial charge in [-0.2, -0.15) is 9.51 Å². The maximum Gasteiger partial charge on any atom is 2.00 e. The molecule has 0 aromatic carbocycles. The van der Waals surface area contributed by atoms with E-state index in [4.69, 9.17) is 4.89 Å². The summed E-state index contributed by atoms with van der Waals surface area (Å²) in [5, 5.41) is 0. The van der Waals surface area contributed by atoms with Crippen molar-refractivity contribution in [3.05, 3.63) is 12.5 Å². The molecular formula is C3H5MgNO4P+. The molecule has 0 fully saturated rings. The molecule has 1 aromatic rings. The van der Waals surface area contributed by atoms with Gasteiger partial charge in [0.15, 0.2) is 0 Å². The molecule has 0 saturated heterocycles. The van der Waals surface area contributed by atoms with Gasteiger partial charge in [0.25, 0.3) is 0 Å². The fraction of sp³-hybridized carbons (Fsp3) is 0. The standard InChI is InChI=1S/C3H2NO4P.Mg.2H/c5-9(6)8-3-4-1-2-7-3;;;/h1-2H;;;/q;+2;2*-1/p+1. The molecule has 1 aromatic heterocycles. The van der Waals surface area contributed by atoms with E-state index in [2.05, 4.69) is 13.9 Å². The predicted molar refractivity (Wildman–Crippen MR) is 34.9 cm³/mol. The van der Waals surface area contributed by atoms with Gasteiger partial charge in [0.2, 0.25) is 0 Å². The Hall–Kier alpha value is -0.164. The molecule has 0 saturated carbocycles. The first kappa shape index (κ1) is 9.84. The van der Waals surface area contributed by atoms with Gasteiger partial charge in [0, 0.05) is 4.57 Å². The topological polar surface area (TPSA) is 72.6 Å². The second kappa shape index (κ2) is 4.62. The van der Waals surface area contributed by atoms with E-state index in [9.17, 15) is 4.57 Å². The van der Waals surface area contributed by atoms with E-state index in [1.807, 2.05) is 0 Å². The molecule has 1 atom stereocenters. The first-order valence-corrected chi connectivity index (χ1v) is 3.15. The van der Waals surface area contributed by atoms with Crippen LogP contribution < -0.4 is 4.52 Å². The third-order valence-electron chi connectivity index (χ3n) is 0.566. The second-order valence-corrected chi connectivity index (χ2v) is 1.79. The van der Waals surface area contributed by atoms with Crippen molar-refractivity contribution >= 4 is 31.3 Å². The minimum absolute atomic E-state index is 0. The number of oxazole rings is 1. The zero-order valence-corrected chi connectivity index (χ0v) is 7.24. The molecule has 0 amide bonds. The molecule has 1 rings (SSSR count). The first-order valence-electron chi connectivity index (χ1n) is 2.02. The van der Waals surface area contributed by atoms with Gasteiger partial charge in [-0.3, -0.25) is 0 Å². The molecule has 0 aliphatic heterocycles. The SMILES string of the molecule is O=[P+](O)Oc1ncco1.[H-].[H-].[Mg+2]. The fourth-order valence-corrected chi connectivity index (χ4v) is 0.546. The second-order valence-electron chi connectivity index (χ2n) is 1.13. The van der Waals surface area contributed by atoms with Gasteiger partial charge in [-0.25, -0.2) is 0 Å². The Bertz CT molecular complexity index is 208. The average molecular weight is 174 g/mol. The van der Waals surface area contributed by atoms with Crippen LogP contribution in [-0.4, -0.2) is 32.9 Å². The van der Waals surface area contributed by atoms with Crippen molar-refractivity contribution in [2.75, 3.05) is 0 Å². The van der Waals surface area contributed by atoms with Crippen LogP contribution in [-0.2, 0) is 4.57 Å². The van der Waals surface area contributed by atoms with Crippen LogP contribution in [0.5, 0.6) is 6.08 Å². The largest absolute Gasteiger partial charge is 2.00 e. The van der Waals surface area contributed by atoms with Crippen LogP contribution in [0, 0.1) is 0 Å². The van der Waals surface area contributed by atoms with Crippen LogP contribution in [0.2, 0.25) is 0 Å². The predicted octanol–water partition coefficient (Wildman–Crippen LogP) is 0.547. The monoisotopic (exact) mass is 174 g/mol. The summed E-state index contributed by atoms with van der Waals surface area (Å²) in [6.45, 7) is 0. The summed E-state index contributed by atoms with van der Waals surface area (Å²) in [7, 11) is -2.66. The van der Waals surface area contributed by atoms with E-state index in [1.54, 1.807) is 0 Å². The molecule has 1 heterocycles. The van der Waals surface area contributed by atoms with E-state index in [0.717, 1.165) is 0 Å². The maximum absolute atomic E-state index is 9.89. The van der Waals surface area contributed by atoms with Crippen molar-refractivity contribution in [3.63, 3.8) is 0 Å². The summed E-state index contributed by atoms with van der Waals surface area (Å²) in [6.07, 6.45) is 2.36. The van der Waals surface area contributed by atoms with Gasteiger partial charge < -0.3 is 7.27 Å². The van der Waals surface area contributed by atoms with Crippen LogP contribution in [0.3, 0.4) is 0 Å². The van der Waals surface area contributed by atoms with Gasteiger partial charge >= 0.3 is 37.4 Å². The summed E-state index contributed by atoms with van der Waals surface area (Å²) in [5.41, 5.74) is 0. The summed E-state index contributed by atoms with van der Waals surface area (Å²) >= 11 is 0. The van der Waals surface area contributed by atoms with Gasteiger partial charge in [0.05, 0.1) is 6.20 Å². The Balaban J connectivity index is -0.000000270. The number of aromatic nitrogens is 1. The molecule has 52 valence electrons. The molecule has 1 N–H and O–H groups in total. The normalized spacial score (nSPS) is 9.90. The third kappa shape index (κ3) is 3.12. The summed E-state index contributed by atoms with van der Waals surface area (Å²) in [4.78, 5) is 11.5. The Morgan fingerprint density at radius 3 is 3.00 bits per heavy atom. The molecule has 0 aliphatic carbocycles. The minimum Gasteiger partial charge on any atom is -1.00 e. The molecule has 0 spiro atoms. The summed E-state index contributed by atoms with van der Waals surface area (Å²) in [5.74, 6) is 0. The Kier molecular flexibility index (Phi) is 4.55. The van der Waals surface area contributed by atoms with Crippen LogP contribution in [0.4, 0.5) is 0 Å². The van der Waals surface area contributed by atoms with Crippen molar-refractivity contribution in [2.24, 2.45) is 0 Å². The Morgan fingerprint density at radius 1 is 1.90 bits per heavy atom. The van der Waals surface area contributed by atoms with Crippen LogP contribution in [0.1, 0.15) is 2.85 Å². The number of hydrogen-bond acceptors (Lipinski definition) is 4. The van der Waals surface area contributed by atoms with Gasteiger partial charge in [0.1, 0.15) is 6.26 Å². The van der Waals surface area contributed by atoms with E-state index in [0.29, 0.717) is 0 Å². The molecule has 10 heavy (non-hydrogen) atoms. The smallest absolute Gasteiger partial charge is 1.00 e. The first-order chi connectivity index (χ1) is 4.29. The molecule has 0 aliphatic rings. The van der Waals surface area contributed by atoms with Gasteiger partial charge in [-0.15, -0.1) is 4.89 Å². The van der Waals surface area contributed by atoms with E-state index >= 15 is 0 Å². The van der Waals surface area contributed by atoms with Gasteiger partial charge in [-0.05, 0) is 0 Å². The Labute approximate surface area is 76.5 Å². The van der Waals surface area contributed by atoms with Crippen LogP contribution in [0.25, 0.3) is 0 Å². The van der Waals surface area contributed by atoms with Crippen molar-refractivity contribution in [3.8, 4) is 6.08 Å². The zero-order chi connectivity index (χ0) is 6.69. The van der Waals surface area contributed by atoms with Crippen LogP contribution in [0.15, 0.2) is 16.9 Å². The van der Waals surface area contributed by atoms with Crippen molar-refractivity contribution in [2.45, 2.75) is 0 Å². The average Bonchev–Trinajstić information content (AvgIpc) is 2.15. The van der Waals surface area contributed by atoms with E-state index in [1.165, 1.54) is 12.5 Å². The molecular weight excluding hydrogens is 169 g/mol. The summed E-state index contributed by atoms with van der Waals surface area (Å²) < 4.78 is 18.5. The number of hydrogen-bond donors (Lipinski definition) is 1. The Morgan fingerprint density at radius 2 is 2.60 bits per heavy atom. The molecule has 5 nitrogen and oxygen atoms in total.